The van der Waals surface area contributed by atoms with Gasteiger partial charge in [-0.25, -0.2) is 0 Å². The summed E-state index contributed by atoms with van der Waals surface area (Å²) in [7, 11) is 0. The predicted molar refractivity (Wildman–Crippen MR) is 71.3 cm³/mol. The van der Waals surface area contributed by atoms with Gasteiger partial charge in [-0.05, 0) is 19.9 Å². The molecule has 4 heteroatoms. The summed E-state index contributed by atoms with van der Waals surface area (Å²) in [6.45, 7) is 4.69. The largest absolute Gasteiger partial charge is 0.389 e. The first-order valence-electron chi connectivity index (χ1n) is 5.65. The number of hydrogen-bond donors (Lipinski definition) is 3. The summed E-state index contributed by atoms with van der Waals surface area (Å²) in [5.74, 6) is 0. The molecule has 0 aliphatic heterocycles. The lowest BCUT2D eigenvalue weighted by Gasteiger charge is -2.17. The van der Waals surface area contributed by atoms with Crippen LogP contribution in [0.3, 0.4) is 0 Å². The fourth-order valence-corrected chi connectivity index (χ4v) is 2.06. The monoisotopic (exact) mass is 252 g/mol. The summed E-state index contributed by atoms with van der Waals surface area (Å²) >= 11 is 6.27. The van der Waals surface area contributed by atoms with Crippen molar-refractivity contribution in [1.29, 1.82) is 0 Å². The number of rotatable bonds is 4. The zero-order valence-corrected chi connectivity index (χ0v) is 10.8. The molecule has 1 heterocycles. The highest BCUT2D eigenvalue weighted by Gasteiger charge is 2.13. The highest BCUT2D eigenvalue weighted by molar-refractivity contribution is 6.36. The third-order valence-corrected chi connectivity index (χ3v) is 3.01. The second kappa shape index (κ2) is 4.69. The molecule has 0 saturated carbocycles. The maximum atomic E-state index is 9.60. The van der Waals surface area contributed by atoms with Gasteiger partial charge in [-0.2, -0.15) is 0 Å². The van der Waals surface area contributed by atoms with E-state index in [-0.39, 0.29) is 0 Å². The molecule has 0 fully saturated rings. The fourth-order valence-electron chi connectivity index (χ4n) is 1.78. The van der Waals surface area contributed by atoms with Crippen LogP contribution in [0.25, 0.3) is 10.9 Å². The van der Waals surface area contributed by atoms with E-state index in [0.717, 1.165) is 21.6 Å². The number of para-hydroxylation sites is 1. The molecule has 17 heavy (non-hydrogen) atoms. The van der Waals surface area contributed by atoms with Crippen LogP contribution < -0.4 is 5.32 Å². The van der Waals surface area contributed by atoms with Gasteiger partial charge >= 0.3 is 0 Å². The zero-order valence-electron chi connectivity index (χ0n) is 10.0. The van der Waals surface area contributed by atoms with E-state index in [4.69, 9.17) is 11.6 Å². The Balaban J connectivity index is 2.11. The van der Waals surface area contributed by atoms with Crippen molar-refractivity contribution in [1.82, 2.24) is 10.3 Å². The molecule has 0 amide bonds. The molecule has 2 rings (SSSR count). The van der Waals surface area contributed by atoms with Crippen LogP contribution in [0.1, 0.15) is 19.5 Å². The summed E-state index contributed by atoms with van der Waals surface area (Å²) in [5, 5.41) is 14.6. The number of aromatic amines is 1. The van der Waals surface area contributed by atoms with Crippen LogP contribution >= 0.6 is 11.6 Å². The minimum absolute atomic E-state index is 0.526. The fraction of sp³-hybridized carbons (Fsp3) is 0.385. The minimum atomic E-state index is -0.710. The molecule has 2 aromatic rings. The molecule has 0 spiro atoms. The molecular formula is C13H17ClN2O. The average molecular weight is 253 g/mol. The quantitative estimate of drug-likeness (QED) is 0.784. The van der Waals surface area contributed by atoms with E-state index in [2.05, 4.69) is 10.3 Å². The van der Waals surface area contributed by atoms with E-state index in [1.54, 1.807) is 13.8 Å². The summed E-state index contributed by atoms with van der Waals surface area (Å²) in [5.41, 5.74) is 1.29. The van der Waals surface area contributed by atoms with Crippen molar-refractivity contribution < 1.29 is 5.11 Å². The molecule has 1 aromatic heterocycles. The molecule has 0 aliphatic rings. The lowest BCUT2D eigenvalue weighted by Crippen LogP contribution is -2.34. The van der Waals surface area contributed by atoms with Crippen molar-refractivity contribution in [2.24, 2.45) is 0 Å². The van der Waals surface area contributed by atoms with Gasteiger partial charge in [0.1, 0.15) is 0 Å². The second-order valence-electron chi connectivity index (χ2n) is 4.88. The first-order chi connectivity index (χ1) is 7.97. The Bertz CT molecular complexity index is 514. The van der Waals surface area contributed by atoms with Crippen molar-refractivity contribution in [2.45, 2.75) is 26.0 Å². The van der Waals surface area contributed by atoms with E-state index in [0.29, 0.717) is 13.1 Å². The first kappa shape index (κ1) is 12.4. The lowest BCUT2D eigenvalue weighted by molar-refractivity contribution is 0.0794. The number of aromatic nitrogens is 1. The van der Waals surface area contributed by atoms with Gasteiger partial charge in [0.15, 0.2) is 0 Å². The van der Waals surface area contributed by atoms with Crippen molar-refractivity contribution in [3.63, 3.8) is 0 Å². The Kier molecular flexibility index (Phi) is 3.43. The minimum Gasteiger partial charge on any atom is -0.389 e. The second-order valence-corrected chi connectivity index (χ2v) is 5.26. The van der Waals surface area contributed by atoms with Crippen LogP contribution in [-0.4, -0.2) is 22.2 Å². The molecule has 0 unspecified atom stereocenters. The summed E-state index contributed by atoms with van der Waals surface area (Å²) in [4.78, 5) is 3.27. The van der Waals surface area contributed by atoms with Gasteiger partial charge in [0.2, 0.25) is 0 Å². The summed E-state index contributed by atoms with van der Waals surface area (Å²) < 4.78 is 0. The molecule has 0 radical (unpaired) electrons. The number of halogens is 1. The van der Waals surface area contributed by atoms with Gasteiger partial charge < -0.3 is 15.4 Å². The van der Waals surface area contributed by atoms with Crippen LogP contribution in [0.4, 0.5) is 0 Å². The molecule has 0 aliphatic carbocycles. The number of H-pyrrole nitrogens is 1. The van der Waals surface area contributed by atoms with E-state index in [1.165, 1.54) is 0 Å². The molecule has 0 atom stereocenters. The smallest absolute Gasteiger partial charge is 0.0715 e. The Hall–Kier alpha value is -1.03. The van der Waals surface area contributed by atoms with Gasteiger partial charge in [0.05, 0.1) is 10.6 Å². The summed E-state index contributed by atoms with van der Waals surface area (Å²) in [6.07, 6.45) is 0. The number of nitrogens with one attached hydrogen (secondary N) is 2. The van der Waals surface area contributed by atoms with Gasteiger partial charge in [0.25, 0.3) is 0 Å². The highest BCUT2D eigenvalue weighted by Crippen LogP contribution is 2.26. The van der Waals surface area contributed by atoms with Crippen LogP contribution in [0, 0.1) is 0 Å². The average Bonchev–Trinajstić information content (AvgIpc) is 2.55. The van der Waals surface area contributed by atoms with Gasteiger partial charge in [-0.1, -0.05) is 29.8 Å². The number of fused-ring (bicyclic) bond motifs is 1. The van der Waals surface area contributed by atoms with Crippen molar-refractivity contribution in [3.05, 3.63) is 35.0 Å². The van der Waals surface area contributed by atoms with Crippen LogP contribution in [-0.2, 0) is 6.54 Å². The predicted octanol–water partition coefficient (Wildman–Crippen LogP) is 2.68. The number of aliphatic hydroxyl groups is 1. The molecule has 0 saturated heterocycles. The first-order valence-corrected chi connectivity index (χ1v) is 6.03. The molecule has 92 valence electrons. The zero-order chi connectivity index (χ0) is 12.5. The maximum absolute atomic E-state index is 9.60. The third-order valence-electron chi connectivity index (χ3n) is 2.57. The Morgan fingerprint density at radius 2 is 2.06 bits per heavy atom. The molecular weight excluding hydrogens is 236 g/mol. The van der Waals surface area contributed by atoms with E-state index < -0.39 is 5.60 Å². The lowest BCUT2D eigenvalue weighted by atomic mass is 10.1. The molecule has 0 bridgehead atoms. The van der Waals surface area contributed by atoms with E-state index in [9.17, 15) is 5.11 Å². The normalized spacial score (nSPS) is 12.2. The van der Waals surface area contributed by atoms with Gasteiger partial charge in [-0.3, -0.25) is 0 Å². The highest BCUT2D eigenvalue weighted by atomic mass is 35.5. The molecule has 1 aromatic carbocycles. The SMILES string of the molecule is CC(C)(O)CNCc1[nH]c2ccccc2c1Cl. The third kappa shape index (κ3) is 3.00. The Morgan fingerprint density at radius 1 is 1.35 bits per heavy atom. The van der Waals surface area contributed by atoms with Crippen molar-refractivity contribution >= 4 is 22.5 Å². The Labute approximate surface area is 106 Å². The van der Waals surface area contributed by atoms with Crippen molar-refractivity contribution in [2.75, 3.05) is 6.54 Å². The number of hydrogen-bond acceptors (Lipinski definition) is 2. The number of benzene rings is 1. The van der Waals surface area contributed by atoms with Crippen LogP contribution in [0.2, 0.25) is 5.02 Å². The van der Waals surface area contributed by atoms with Gasteiger partial charge in [0, 0.05) is 29.7 Å². The molecule has 3 nitrogen and oxygen atoms in total. The van der Waals surface area contributed by atoms with Crippen LogP contribution in [0.5, 0.6) is 0 Å². The van der Waals surface area contributed by atoms with E-state index >= 15 is 0 Å². The Morgan fingerprint density at radius 3 is 2.71 bits per heavy atom. The molecule has 3 N–H and O–H groups in total. The maximum Gasteiger partial charge on any atom is 0.0715 e. The van der Waals surface area contributed by atoms with Crippen LogP contribution in [0.15, 0.2) is 24.3 Å². The summed E-state index contributed by atoms with van der Waals surface area (Å²) in [6, 6.07) is 7.94. The standard InChI is InChI=1S/C13H17ClN2O/c1-13(2,17)8-15-7-11-12(14)9-5-3-4-6-10(9)16-11/h3-6,15-17H,7-8H2,1-2H3. The van der Waals surface area contributed by atoms with E-state index in [1.807, 2.05) is 24.3 Å². The topological polar surface area (TPSA) is 48.0 Å². The van der Waals surface area contributed by atoms with Gasteiger partial charge in [-0.15, -0.1) is 0 Å². The van der Waals surface area contributed by atoms with Crippen molar-refractivity contribution in [3.8, 4) is 0 Å².